The maximum atomic E-state index is 10.6. The van der Waals surface area contributed by atoms with Crippen molar-refractivity contribution in [1.29, 1.82) is 0 Å². The van der Waals surface area contributed by atoms with E-state index in [9.17, 15) is 4.79 Å². The van der Waals surface area contributed by atoms with Crippen molar-refractivity contribution in [3.8, 4) is 0 Å². The van der Waals surface area contributed by atoms with E-state index in [2.05, 4.69) is 18.9 Å². The zero-order valence-corrected chi connectivity index (χ0v) is 9.86. The van der Waals surface area contributed by atoms with Crippen molar-refractivity contribution in [2.45, 2.75) is 46.5 Å². The average Bonchev–Trinajstić information content (AvgIpc) is 2.18. The number of carboxylic acid groups (broad SMARTS) is 1. The lowest BCUT2D eigenvalue weighted by molar-refractivity contribution is -0.141. The third kappa shape index (κ3) is 10.7. The summed E-state index contributed by atoms with van der Waals surface area (Å²) >= 11 is 0. The van der Waals surface area contributed by atoms with Crippen LogP contribution in [0.15, 0.2) is 5.10 Å². The third-order valence-electron chi connectivity index (χ3n) is 1.61. The highest BCUT2D eigenvalue weighted by molar-refractivity contribution is 5.84. The van der Waals surface area contributed by atoms with E-state index >= 15 is 0 Å². The monoisotopic (exact) mass is 217 g/mol. The average molecular weight is 217 g/mol. The molecule has 0 saturated carbocycles. The molecule has 0 aromatic carbocycles. The molecule has 0 aliphatic heterocycles. The number of carbonyl (C=O) groups is 1. The lowest BCUT2D eigenvalue weighted by Crippen LogP contribution is -2.23. The quantitative estimate of drug-likeness (QED) is 0.281. The lowest BCUT2D eigenvalue weighted by atomic mass is 10.00. The molecule has 0 saturated heterocycles. The molecule has 0 aromatic heterocycles. The molecule has 5 heteroatoms. The van der Waals surface area contributed by atoms with Gasteiger partial charge in [-0.25, -0.2) is 0 Å². The molecule has 15 heavy (non-hydrogen) atoms. The molecular weight excluding hydrogens is 194 g/mol. The number of nitrogens with two attached hydrogens (primary N) is 2. The van der Waals surface area contributed by atoms with Crippen molar-refractivity contribution in [2.75, 3.05) is 0 Å². The highest BCUT2D eigenvalue weighted by Gasteiger charge is 2.17. The Balaban J connectivity index is 0. The number of hydrogen-bond acceptors (Lipinski definition) is 3. The van der Waals surface area contributed by atoms with Gasteiger partial charge in [0.05, 0.1) is 5.92 Å². The minimum absolute atomic E-state index is 0.191. The number of aliphatic carboxylic acids is 1. The molecule has 0 radical (unpaired) electrons. The summed E-state index contributed by atoms with van der Waals surface area (Å²) in [4.78, 5) is 10.6. The normalized spacial score (nSPS) is 12.6. The zero-order valence-electron chi connectivity index (χ0n) is 9.86. The summed E-state index contributed by atoms with van der Waals surface area (Å²) < 4.78 is 0. The molecule has 0 aliphatic rings. The second-order valence-corrected chi connectivity index (χ2v) is 3.36. The van der Waals surface area contributed by atoms with E-state index in [1.807, 2.05) is 6.92 Å². The first-order valence-electron chi connectivity index (χ1n) is 5.28. The van der Waals surface area contributed by atoms with E-state index in [4.69, 9.17) is 16.7 Å². The van der Waals surface area contributed by atoms with Gasteiger partial charge in [0.25, 0.3) is 0 Å². The molecule has 5 nitrogen and oxygen atoms in total. The molecule has 0 aliphatic carbocycles. The van der Waals surface area contributed by atoms with Crippen LogP contribution in [0.25, 0.3) is 0 Å². The van der Waals surface area contributed by atoms with E-state index in [1.54, 1.807) is 0 Å². The van der Waals surface area contributed by atoms with Crippen LogP contribution in [0.4, 0.5) is 0 Å². The van der Waals surface area contributed by atoms with Gasteiger partial charge in [-0.1, -0.05) is 33.6 Å². The van der Waals surface area contributed by atoms with Gasteiger partial charge in [0.15, 0.2) is 0 Å². The van der Waals surface area contributed by atoms with E-state index in [0.717, 1.165) is 6.42 Å². The topological polar surface area (TPSA) is 102 Å². The Hall–Kier alpha value is -1.26. The number of hydrogen-bond donors (Lipinski definition) is 3. The Morgan fingerprint density at radius 1 is 1.40 bits per heavy atom. The lowest BCUT2D eigenvalue weighted by Gasteiger charge is -2.09. The van der Waals surface area contributed by atoms with Crippen LogP contribution in [0.2, 0.25) is 0 Å². The molecule has 0 spiro atoms. The van der Waals surface area contributed by atoms with Crippen LogP contribution in [-0.2, 0) is 4.79 Å². The van der Waals surface area contributed by atoms with Gasteiger partial charge in [0, 0.05) is 6.42 Å². The molecule has 5 N–H and O–H groups in total. The first-order chi connectivity index (χ1) is 7.03. The highest BCUT2D eigenvalue weighted by Crippen LogP contribution is 2.10. The van der Waals surface area contributed by atoms with Crippen LogP contribution in [0.1, 0.15) is 46.5 Å². The minimum atomic E-state index is -0.844. The molecular formula is C10H23N3O2. The molecule has 90 valence electrons. The van der Waals surface area contributed by atoms with E-state index in [0.29, 0.717) is 6.42 Å². The molecule has 0 unspecified atom stereocenters. The molecule has 0 aromatic rings. The van der Waals surface area contributed by atoms with Crippen molar-refractivity contribution < 1.29 is 9.90 Å². The minimum Gasteiger partial charge on any atom is -0.481 e. The summed E-state index contributed by atoms with van der Waals surface area (Å²) in [6.07, 6.45) is 2.90. The Morgan fingerprint density at radius 2 is 1.87 bits per heavy atom. The zero-order chi connectivity index (χ0) is 12.3. The summed E-state index contributed by atoms with van der Waals surface area (Å²) in [5.74, 6) is 3.78. The van der Waals surface area contributed by atoms with E-state index in [-0.39, 0.29) is 12.3 Å². The van der Waals surface area contributed by atoms with Crippen LogP contribution in [0.3, 0.4) is 0 Å². The van der Waals surface area contributed by atoms with Gasteiger partial charge in [0.1, 0.15) is 5.84 Å². The summed E-state index contributed by atoms with van der Waals surface area (Å²) in [6.45, 7) is 6.17. The second kappa shape index (κ2) is 10.8. The molecule has 0 heterocycles. The van der Waals surface area contributed by atoms with Crippen LogP contribution >= 0.6 is 0 Å². The van der Waals surface area contributed by atoms with Crippen molar-refractivity contribution in [2.24, 2.45) is 22.6 Å². The summed E-state index contributed by atoms with van der Waals surface area (Å²) in [7, 11) is 0. The predicted octanol–water partition coefficient (Wildman–Crippen LogP) is 1.52. The van der Waals surface area contributed by atoms with Crippen molar-refractivity contribution >= 4 is 11.8 Å². The van der Waals surface area contributed by atoms with Crippen molar-refractivity contribution in [3.63, 3.8) is 0 Å². The van der Waals surface area contributed by atoms with Gasteiger partial charge >= 0.3 is 5.97 Å². The Labute approximate surface area is 91.5 Å². The maximum absolute atomic E-state index is 10.6. The fourth-order valence-corrected chi connectivity index (χ4v) is 0.966. The van der Waals surface area contributed by atoms with Crippen molar-refractivity contribution in [1.82, 2.24) is 0 Å². The van der Waals surface area contributed by atoms with Gasteiger partial charge in [-0.3, -0.25) is 4.79 Å². The predicted molar refractivity (Wildman–Crippen MR) is 62.4 cm³/mol. The summed E-state index contributed by atoms with van der Waals surface area (Å²) in [6, 6.07) is 0. The van der Waals surface area contributed by atoms with Gasteiger partial charge < -0.3 is 16.7 Å². The third-order valence-corrected chi connectivity index (χ3v) is 1.61. The molecule has 0 bridgehead atoms. The first-order valence-corrected chi connectivity index (χ1v) is 5.28. The van der Waals surface area contributed by atoms with Gasteiger partial charge in [-0.05, 0) is 6.42 Å². The van der Waals surface area contributed by atoms with E-state index < -0.39 is 11.9 Å². The summed E-state index contributed by atoms with van der Waals surface area (Å²) in [5, 5.41) is 11.9. The van der Waals surface area contributed by atoms with Crippen LogP contribution in [-0.4, -0.2) is 16.9 Å². The Kier molecular flexibility index (Phi) is 11.7. The molecule has 1 atom stereocenters. The molecule has 0 rings (SSSR count). The Morgan fingerprint density at radius 3 is 2.13 bits per heavy atom. The van der Waals surface area contributed by atoms with Crippen LogP contribution in [0, 0.1) is 5.92 Å². The standard InChI is InChI=1S/C7H15N3O2.C3H8/c1-2-3-5(7(11)12)4-6(8)10-9;1-3-2/h5H,2-4,9H2,1H3,(H2,8,10)(H,11,12);3H2,1-2H3/t5-;/m0./s1. The SMILES string of the molecule is CCC.CCC[C@@H](C/C(N)=N/N)C(=O)O. The van der Waals surface area contributed by atoms with Gasteiger partial charge in [-0.2, -0.15) is 5.10 Å². The Bertz CT molecular complexity index is 193. The maximum Gasteiger partial charge on any atom is 0.306 e. The number of amidine groups is 1. The second-order valence-electron chi connectivity index (χ2n) is 3.36. The highest BCUT2D eigenvalue weighted by atomic mass is 16.4. The summed E-state index contributed by atoms with van der Waals surface area (Å²) in [5.41, 5.74) is 5.30. The van der Waals surface area contributed by atoms with Gasteiger partial charge in [-0.15, -0.1) is 0 Å². The largest absolute Gasteiger partial charge is 0.481 e. The van der Waals surface area contributed by atoms with Crippen LogP contribution < -0.4 is 11.6 Å². The fraction of sp³-hybridized carbons (Fsp3) is 0.800. The van der Waals surface area contributed by atoms with E-state index in [1.165, 1.54) is 6.42 Å². The van der Waals surface area contributed by atoms with Crippen LogP contribution in [0.5, 0.6) is 0 Å². The molecule has 0 amide bonds. The fourth-order valence-electron chi connectivity index (χ4n) is 0.966. The first kappa shape index (κ1) is 16.2. The smallest absolute Gasteiger partial charge is 0.306 e. The van der Waals surface area contributed by atoms with Gasteiger partial charge in [0.2, 0.25) is 0 Å². The number of rotatable bonds is 5. The number of hydrazone groups is 1. The van der Waals surface area contributed by atoms with Crippen molar-refractivity contribution in [3.05, 3.63) is 0 Å². The number of nitrogens with zero attached hydrogens (tertiary/aromatic N) is 1. The molecule has 0 fully saturated rings. The number of carboxylic acids is 1.